The summed E-state index contributed by atoms with van der Waals surface area (Å²) >= 11 is 3.95. The lowest BCUT2D eigenvalue weighted by atomic mass is 9.87. The molecule has 0 radical (unpaired) electrons. The number of phosphoric ester groups is 3. The van der Waals surface area contributed by atoms with Gasteiger partial charge in [0, 0.05) is 36.2 Å². The van der Waals surface area contributed by atoms with Crippen LogP contribution in [-0.4, -0.2) is 141 Å². The Morgan fingerprint density at radius 1 is 1.03 bits per heavy atom. The quantitative estimate of drug-likeness (QED) is 0.0247. The molecule has 1 fully saturated rings. The van der Waals surface area contributed by atoms with E-state index < -0.39 is 108 Å². The molecule has 1 saturated heterocycles. The van der Waals surface area contributed by atoms with Gasteiger partial charge >= 0.3 is 23.5 Å². The fraction of sp³-hybridized carbons (Fsp3) is 0.516. The molecule has 4 rings (SSSR count). The number of nitrogens with one attached hydrogen (secondary N) is 2. The van der Waals surface area contributed by atoms with Gasteiger partial charge in [-0.05, 0) is 18.2 Å². The highest BCUT2D eigenvalue weighted by molar-refractivity contribution is 7.80. The van der Waals surface area contributed by atoms with Crippen LogP contribution in [0.25, 0.3) is 11.2 Å². The third kappa shape index (κ3) is 13.3. The molecule has 2 amide bonds. The van der Waals surface area contributed by atoms with Gasteiger partial charge in [-0.3, -0.25) is 37.3 Å². The molecule has 0 bridgehead atoms. The number of carbonyl (C=O) groups is 4. The summed E-state index contributed by atoms with van der Waals surface area (Å²) in [6, 6.07) is 3.51. The number of aliphatic hydroxyl groups excluding tert-OH is 2. The van der Waals surface area contributed by atoms with Crippen LogP contribution in [-0.2, 0) is 45.9 Å². The molecule has 344 valence electrons. The SMILES string of the molecule is COc1cc(C(=O)CC(=O)c2nc3c(N)ncnc3n2[C@@H]2O[C@H](COP(=O)(O)OP(=O)(O)OCC(C)(C)[C@@H](O)C(=O)NCCC(=O)NCCS)[C@@H](OP(=O)(O)O)[C@H]2O)ccc1O. The lowest BCUT2D eigenvalue weighted by molar-refractivity contribution is -0.137. The second kappa shape index (κ2) is 20.7. The van der Waals surface area contributed by atoms with Crippen LogP contribution in [0.1, 0.15) is 53.9 Å². The molecule has 1 aliphatic heterocycles. The number of imidazole rings is 1. The molecule has 0 spiro atoms. The Morgan fingerprint density at radius 3 is 2.35 bits per heavy atom. The first-order valence-corrected chi connectivity index (χ1v) is 22.9. The summed E-state index contributed by atoms with van der Waals surface area (Å²) in [5.41, 5.74) is 3.64. The number of amides is 2. The number of Topliss-reactive ketones (excluding diaryl/α,β-unsaturated/α-hetero) is 2. The predicted molar refractivity (Wildman–Crippen MR) is 211 cm³/mol. The number of thiol groups is 1. The molecule has 7 atom stereocenters. The van der Waals surface area contributed by atoms with Crippen LogP contribution >= 0.6 is 36.1 Å². The number of fused-ring (bicyclic) bond motifs is 1. The highest BCUT2D eigenvalue weighted by Crippen LogP contribution is 2.61. The van der Waals surface area contributed by atoms with Crippen LogP contribution in [0.15, 0.2) is 24.5 Å². The fourth-order valence-electron chi connectivity index (χ4n) is 5.60. The summed E-state index contributed by atoms with van der Waals surface area (Å²) in [6.45, 7) is 0.311. The largest absolute Gasteiger partial charge is 0.504 e. The third-order valence-electron chi connectivity index (χ3n) is 8.68. The van der Waals surface area contributed by atoms with E-state index in [9.17, 15) is 67.8 Å². The second-order valence-corrected chi connectivity index (χ2v) is 18.5. The monoisotopic (exact) mass is 959 g/mol. The number of aromatic hydroxyl groups is 1. The lowest BCUT2D eigenvalue weighted by Crippen LogP contribution is -2.46. The van der Waals surface area contributed by atoms with Gasteiger partial charge in [0.1, 0.15) is 30.7 Å². The number of carbonyl (C=O) groups excluding carboxylic acids is 4. The minimum atomic E-state index is -5.73. The van der Waals surface area contributed by atoms with E-state index in [1.54, 1.807) is 0 Å². The molecule has 0 saturated carbocycles. The standard InChI is InChI=1S/C31H44N7O20P3S/c1-31(2,25(44)29(45)34-7-6-21(42)33-8-9-62)13-55-61(51,52)58-60(49,50)54-12-20-24(57-59(46,47)48)23(43)30(56-20)38-27(37-22-26(32)35-14-36-28(22)38)18(41)11-17(40)15-4-5-16(39)19(10-15)53-3/h4-5,10,14,20,23-25,30,39,43-44,62H,6-9,11-13H2,1-3H3,(H,33,42)(H,34,45)(H,49,50)(H,51,52)(H2,32,35,36)(H2,46,47,48)/t20-,23-,24-,25+,30-/m1/s1. The number of hydrogen-bond donors (Lipinski definition) is 11. The maximum absolute atomic E-state index is 13.7. The minimum absolute atomic E-state index is 0.0728. The maximum atomic E-state index is 13.7. The number of ether oxygens (including phenoxy) is 2. The molecular weight excluding hydrogens is 915 g/mol. The molecule has 1 aromatic carbocycles. The van der Waals surface area contributed by atoms with Crippen molar-refractivity contribution in [1.29, 1.82) is 0 Å². The van der Waals surface area contributed by atoms with Gasteiger partial charge in [-0.1, -0.05) is 13.8 Å². The van der Waals surface area contributed by atoms with Gasteiger partial charge in [-0.25, -0.2) is 28.6 Å². The van der Waals surface area contributed by atoms with E-state index in [2.05, 4.69) is 42.5 Å². The summed E-state index contributed by atoms with van der Waals surface area (Å²) in [6.07, 6.45) is -10.3. The van der Waals surface area contributed by atoms with Crippen LogP contribution < -0.4 is 21.1 Å². The van der Waals surface area contributed by atoms with E-state index >= 15 is 0 Å². The van der Waals surface area contributed by atoms with Crippen LogP contribution in [0, 0.1) is 5.41 Å². The summed E-state index contributed by atoms with van der Waals surface area (Å²) in [5.74, 6) is -4.20. The number of phenolic OH excluding ortho intramolecular Hbond substituents is 1. The van der Waals surface area contributed by atoms with E-state index in [0.717, 1.165) is 23.0 Å². The minimum Gasteiger partial charge on any atom is -0.504 e. The highest BCUT2D eigenvalue weighted by Gasteiger charge is 2.51. The molecule has 62 heavy (non-hydrogen) atoms. The number of anilines is 1. The van der Waals surface area contributed by atoms with Crippen molar-refractivity contribution < 1.29 is 95.1 Å². The fourth-order valence-corrected chi connectivity index (χ4v) is 8.55. The van der Waals surface area contributed by atoms with Gasteiger partial charge < -0.3 is 60.7 Å². The summed E-state index contributed by atoms with van der Waals surface area (Å²) in [5, 5.41) is 36.6. The highest BCUT2D eigenvalue weighted by atomic mass is 32.1. The van der Waals surface area contributed by atoms with Gasteiger partial charge in [0.05, 0.1) is 26.7 Å². The first kappa shape index (κ1) is 50.7. The Bertz CT molecular complexity index is 2290. The number of aromatic nitrogens is 4. The van der Waals surface area contributed by atoms with E-state index in [-0.39, 0.29) is 53.6 Å². The molecule has 2 unspecified atom stereocenters. The van der Waals surface area contributed by atoms with Crippen molar-refractivity contribution in [3.63, 3.8) is 0 Å². The summed E-state index contributed by atoms with van der Waals surface area (Å²) < 4.78 is 67.7. The Morgan fingerprint density at radius 2 is 1.71 bits per heavy atom. The number of rotatable bonds is 23. The Balaban J connectivity index is 1.50. The number of hydrogen-bond acceptors (Lipinski definition) is 21. The smallest absolute Gasteiger partial charge is 0.481 e. The first-order valence-electron chi connectivity index (χ1n) is 17.8. The molecule has 3 heterocycles. The zero-order chi connectivity index (χ0) is 46.4. The number of aliphatic hydroxyl groups is 2. The Hall–Kier alpha value is -3.95. The number of benzene rings is 1. The van der Waals surface area contributed by atoms with Crippen molar-refractivity contribution in [1.82, 2.24) is 30.2 Å². The zero-order valence-corrected chi connectivity index (χ0v) is 36.3. The van der Waals surface area contributed by atoms with E-state index in [1.807, 2.05) is 0 Å². The Labute approximate surface area is 356 Å². The maximum Gasteiger partial charge on any atom is 0.481 e. The Kier molecular flexibility index (Phi) is 16.9. The van der Waals surface area contributed by atoms with E-state index in [0.29, 0.717) is 5.75 Å². The number of nitrogen functional groups attached to an aromatic ring is 1. The topological polar surface area (TPSA) is 410 Å². The van der Waals surface area contributed by atoms with Gasteiger partial charge in [0.2, 0.25) is 17.6 Å². The molecule has 1 aliphatic rings. The molecule has 27 nitrogen and oxygen atoms in total. The van der Waals surface area contributed by atoms with Crippen LogP contribution in [0.3, 0.4) is 0 Å². The number of ketones is 2. The molecule has 2 aromatic heterocycles. The molecule has 11 N–H and O–H groups in total. The van der Waals surface area contributed by atoms with Crippen molar-refractivity contribution in [3.8, 4) is 11.5 Å². The molecule has 31 heteroatoms. The van der Waals surface area contributed by atoms with Crippen molar-refractivity contribution >= 4 is 76.5 Å². The van der Waals surface area contributed by atoms with Crippen molar-refractivity contribution in [2.24, 2.45) is 5.41 Å². The van der Waals surface area contributed by atoms with E-state index in [4.69, 9.17) is 28.8 Å². The van der Waals surface area contributed by atoms with Crippen LogP contribution in [0.4, 0.5) is 5.82 Å². The molecule has 3 aromatic rings. The third-order valence-corrected chi connectivity index (χ3v) is 12.0. The lowest BCUT2D eigenvalue weighted by Gasteiger charge is -2.30. The normalized spacial score (nSPS) is 20.5. The van der Waals surface area contributed by atoms with Crippen molar-refractivity contribution in [3.05, 3.63) is 35.9 Å². The first-order chi connectivity index (χ1) is 28.8. The second-order valence-electron chi connectivity index (χ2n) is 13.9. The van der Waals surface area contributed by atoms with Gasteiger partial charge in [-0.2, -0.15) is 16.9 Å². The summed E-state index contributed by atoms with van der Waals surface area (Å²) in [7, 11) is -15.6. The summed E-state index contributed by atoms with van der Waals surface area (Å²) in [4.78, 5) is 103. The van der Waals surface area contributed by atoms with Gasteiger partial charge in [-0.15, -0.1) is 0 Å². The van der Waals surface area contributed by atoms with E-state index in [1.165, 1.54) is 27.0 Å². The van der Waals surface area contributed by atoms with Gasteiger partial charge in [0.25, 0.3) is 0 Å². The zero-order valence-electron chi connectivity index (χ0n) is 32.7. The van der Waals surface area contributed by atoms with Crippen LogP contribution in [0.5, 0.6) is 11.5 Å². The average molecular weight is 960 g/mol. The molecule has 0 aliphatic carbocycles. The number of phosphoric acid groups is 3. The number of phenols is 1. The average Bonchev–Trinajstić information content (AvgIpc) is 3.71. The van der Waals surface area contributed by atoms with Gasteiger partial charge in [0.15, 0.2) is 46.3 Å². The molecular formula is C31H44N7O20P3S. The van der Waals surface area contributed by atoms with Crippen molar-refractivity contribution in [2.45, 2.75) is 57.3 Å². The predicted octanol–water partition coefficient (Wildman–Crippen LogP) is -0.495. The number of nitrogens with two attached hydrogens (primary N) is 1. The number of nitrogens with zero attached hydrogens (tertiary/aromatic N) is 4. The van der Waals surface area contributed by atoms with Crippen molar-refractivity contribution in [2.75, 3.05) is 44.9 Å². The van der Waals surface area contributed by atoms with Crippen LogP contribution in [0.2, 0.25) is 0 Å². The number of methoxy groups -OCH3 is 1.